The fourth-order valence-electron chi connectivity index (χ4n) is 3.09. The van der Waals surface area contributed by atoms with Crippen LogP contribution in [0.1, 0.15) is 27.2 Å². The maximum Gasteiger partial charge on any atom is 0.0516 e. The first kappa shape index (κ1) is 21.5. The van der Waals surface area contributed by atoms with Crippen LogP contribution in [-0.4, -0.2) is 94.0 Å². The van der Waals surface area contributed by atoms with Gasteiger partial charge in [-0.15, -0.1) is 0 Å². The number of hydrogen-bond acceptors (Lipinski definition) is 6. The minimum Gasteiger partial charge on any atom is -0.329 e. The van der Waals surface area contributed by atoms with Gasteiger partial charge >= 0.3 is 0 Å². The minimum atomic E-state index is 0.730. The summed E-state index contributed by atoms with van der Waals surface area (Å²) < 4.78 is 0. The van der Waals surface area contributed by atoms with Crippen LogP contribution in [0, 0.1) is 5.92 Å². The first-order valence-electron chi connectivity index (χ1n) is 9.68. The van der Waals surface area contributed by atoms with E-state index in [4.69, 9.17) is 5.73 Å². The van der Waals surface area contributed by atoms with Gasteiger partial charge in [0.2, 0.25) is 0 Å². The van der Waals surface area contributed by atoms with Crippen molar-refractivity contribution in [3.8, 4) is 0 Å². The lowest BCUT2D eigenvalue weighted by atomic mass is 10.1. The molecule has 0 aromatic rings. The molecular formula is C18H40N6. The van der Waals surface area contributed by atoms with Crippen molar-refractivity contribution in [3.05, 3.63) is 0 Å². The summed E-state index contributed by atoms with van der Waals surface area (Å²) in [4.78, 5) is 9.49. The standard InChI is InChI=1S/C12H25N3.C6H15N3/c1-11(2)10-12(3)14-6-9-15-7-4-13-5-8-15;7-1-4-9-5-2-8-3-6-9/h11,13H,4-10H2,1-3H3;8H,1-7H2. The second kappa shape index (κ2) is 13.7. The number of aliphatic imine (C=N–C) groups is 1. The van der Waals surface area contributed by atoms with Crippen molar-refractivity contribution in [1.29, 1.82) is 0 Å². The lowest BCUT2D eigenvalue weighted by Gasteiger charge is -2.26. The molecule has 0 amide bonds. The third-order valence-electron chi connectivity index (χ3n) is 4.37. The highest BCUT2D eigenvalue weighted by molar-refractivity contribution is 5.82. The maximum absolute atomic E-state index is 5.40. The quantitative estimate of drug-likeness (QED) is 0.580. The van der Waals surface area contributed by atoms with Crippen LogP contribution in [0.3, 0.4) is 0 Å². The van der Waals surface area contributed by atoms with E-state index in [-0.39, 0.29) is 0 Å². The smallest absolute Gasteiger partial charge is 0.0516 e. The van der Waals surface area contributed by atoms with E-state index in [1.807, 2.05) is 0 Å². The molecule has 0 spiro atoms. The summed E-state index contributed by atoms with van der Waals surface area (Å²) in [5, 5.41) is 6.65. The van der Waals surface area contributed by atoms with Crippen LogP contribution in [0.4, 0.5) is 0 Å². The highest BCUT2D eigenvalue weighted by Crippen LogP contribution is 2.01. The Bertz CT molecular complexity index is 317. The Hall–Kier alpha value is -0.530. The summed E-state index contributed by atoms with van der Waals surface area (Å²) in [6.07, 6.45) is 1.14. The van der Waals surface area contributed by atoms with Gasteiger partial charge in [0.05, 0.1) is 6.54 Å². The third-order valence-corrected chi connectivity index (χ3v) is 4.37. The van der Waals surface area contributed by atoms with Crippen molar-refractivity contribution >= 4 is 5.71 Å². The van der Waals surface area contributed by atoms with Crippen LogP contribution in [0.15, 0.2) is 4.99 Å². The van der Waals surface area contributed by atoms with E-state index in [2.05, 4.69) is 46.2 Å². The molecule has 0 aromatic heterocycles. The summed E-state index contributed by atoms with van der Waals surface area (Å²) in [6.45, 7) is 19.8. The van der Waals surface area contributed by atoms with Gasteiger partial charge in [-0.25, -0.2) is 0 Å². The van der Waals surface area contributed by atoms with Gasteiger partial charge in [-0.2, -0.15) is 0 Å². The van der Waals surface area contributed by atoms with Crippen LogP contribution < -0.4 is 16.4 Å². The number of rotatable bonds is 7. The molecule has 0 saturated carbocycles. The third kappa shape index (κ3) is 11.1. The van der Waals surface area contributed by atoms with E-state index >= 15 is 0 Å². The monoisotopic (exact) mass is 340 g/mol. The van der Waals surface area contributed by atoms with Gasteiger partial charge in [0, 0.05) is 77.7 Å². The number of piperazine rings is 2. The van der Waals surface area contributed by atoms with E-state index in [1.165, 1.54) is 18.8 Å². The average Bonchev–Trinajstić information content (AvgIpc) is 2.57. The maximum atomic E-state index is 5.40. The molecule has 2 heterocycles. The highest BCUT2D eigenvalue weighted by atomic mass is 15.2. The van der Waals surface area contributed by atoms with E-state index < -0.39 is 0 Å². The molecule has 0 unspecified atom stereocenters. The summed E-state index contributed by atoms with van der Waals surface area (Å²) >= 11 is 0. The van der Waals surface area contributed by atoms with Crippen molar-refractivity contribution < 1.29 is 0 Å². The van der Waals surface area contributed by atoms with Gasteiger partial charge in [0.1, 0.15) is 0 Å². The molecular weight excluding hydrogens is 300 g/mol. The van der Waals surface area contributed by atoms with Gasteiger partial charge in [0.25, 0.3) is 0 Å². The molecule has 24 heavy (non-hydrogen) atoms. The normalized spacial score (nSPS) is 20.8. The summed E-state index contributed by atoms with van der Waals surface area (Å²) in [7, 11) is 0. The number of nitrogens with one attached hydrogen (secondary N) is 2. The molecule has 0 radical (unpaired) electrons. The molecule has 142 valence electrons. The first-order valence-corrected chi connectivity index (χ1v) is 9.68. The lowest BCUT2D eigenvalue weighted by molar-refractivity contribution is 0.247. The fraction of sp³-hybridized carbons (Fsp3) is 0.944. The van der Waals surface area contributed by atoms with Crippen LogP contribution in [0.25, 0.3) is 0 Å². The zero-order valence-corrected chi connectivity index (χ0v) is 16.2. The molecule has 4 N–H and O–H groups in total. The Balaban J connectivity index is 0.000000272. The number of hydrogen-bond donors (Lipinski definition) is 3. The predicted octanol–water partition coefficient (Wildman–Crippen LogP) is 0.249. The first-order chi connectivity index (χ1) is 11.6. The minimum absolute atomic E-state index is 0.730. The van der Waals surface area contributed by atoms with Gasteiger partial charge in [0.15, 0.2) is 0 Å². The Labute approximate surface area is 149 Å². The van der Waals surface area contributed by atoms with E-state index in [9.17, 15) is 0 Å². The summed E-state index contributed by atoms with van der Waals surface area (Å²) in [6, 6.07) is 0. The lowest BCUT2D eigenvalue weighted by Crippen LogP contribution is -2.45. The topological polar surface area (TPSA) is 68.9 Å². The Morgan fingerprint density at radius 2 is 1.46 bits per heavy atom. The van der Waals surface area contributed by atoms with Crippen molar-refractivity contribution in [2.24, 2.45) is 16.6 Å². The predicted molar refractivity (Wildman–Crippen MR) is 105 cm³/mol. The Morgan fingerprint density at radius 1 is 0.958 bits per heavy atom. The zero-order valence-electron chi connectivity index (χ0n) is 16.2. The summed E-state index contributed by atoms with van der Waals surface area (Å²) in [5.74, 6) is 0.730. The van der Waals surface area contributed by atoms with E-state index in [0.717, 1.165) is 77.8 Å². The molecule has 2 rings (SSSR count). The van der Waals surface area contributed by atoms with Gasteiger partial charge < -0.3 is 16.4 Å². The molecule has 2 aliphatic rings. The van der Waals surface area contributed by atoms with Crippen molar-refractivity contribution in [2.75, 3.05) is 78.5 Å². The molecule has 2 aliphatic heterocycles. The number of nitrogens with two attached hydrogens (primary N) is 1. The average molecular weight is 341 g/mol. The molecule has 0 aromatic carbocycles. The molecule has 0 aliphatic carbocycles. The van der Waals surface area contributed by atoms with Crippen LogP contribution in [-0.2, 0) is 0 Å². The van der Waals surface area contributed by atoms with Crippen LogP contribution in [0.2, 0.25) is 0 Å². The molecule has 6 nitrogen and oxygen atoms in total. The Kier molecular flexibility index (Phi) is 12.3. The van der Waals surface area contributed by atoms with Gasteiger partial charge in [-0.1, -0.05) is 13.8 Å². The largest absolute Gasteiger partial charge is 0.329 e. The molecule has 2 saturated heterocycles. The molecule has 6 heteroatoms. The van der Waals surface area contributed by atoms with Crippen molar-refractivity contribution in [3.63, 3.8) is 0 Å². The van der Waals surface area contributed by atoms with Crippen LogP contribution >= 0.6 is 0 Å². The second-order valence-electron chi connectivity index (χ2n) is 7.19. The van der Waals surface area contributed by atoms with Gasteiger partial charge in [-0.05, 0) is 19.3 Å². The molecule has 2 fully saturated rings. The van der Waals surface area contributed by atoms with Gasteiger partial charge in [-0.3, -0.25) is 14.8 Å². The molecule has 0 bridgehead atoms. The zero-order chi connectivity index (χ0) is 17.6. The van der Waals surface area contributed by atoms with Crippen molar-refractivity contribution in [1.82, 2.24) is 20.4 Å². The van der Waals surface area contributed by atoms with E-state index in [0.29, 0.717) is 0 Å². The second-order valence-corrected chi connectivity index (χ2v) is 7.19. The van der Waals surface area contributed by atoms with Crippen molar-refractivity contribution in [2.45, 2.75) is 27.2 Å². The highest BCUT2D eigenvalue weighted by Gasteiger charge is 2.08. The fourth-order valence-corrected chi connectivity index (χ4v) is 3.09. The number of nitrogens with zero attached hydrogens (tertiary/aromatic N) is 3. The van der Waals surface area contributed by atoms with Crippen LogP contribution in [0.5, 0.6) is 0 Å². The summed E-state index contributed by atoms with van der Waals surface area (Å²) in [5.41, 5.74) is 6.70. The molecule has 0 atom stereocenters. The SMILES string of the molecule is CC(CC(C)C)=NCCN1CCNCC1.NCCN1CCNCC1. The van der Waals surface area contributed by atoms with E-state index in [1.54, 1.807) is 0 Å². The Morgan fingerprint density at radius 3 is 1.92 bits per heavy atom.